The summed E-state index contributed by atoms with van der Waals surface area (Å²) in [6.45, 7) is 6.33. The highest BCUT2D eigenvalue weighted by molar-refractivity contribution is 6.09. The van der Waals surface area contributed by atoms with Crippen molar-refractivity contribution in [1.29, 1.82) is 0 Å². The molecule has 6 nitrogen and oxygen atoms in total. The van der Waals surface area contributed by atoms with Crippen LogP contribution in [0.5, 0.6) is 11.5 Å². The number of unbranched alkanes of at least 4 members (excludes halogenated alkanes) is 1. The lowest BCUT2D eigenvalue weighted by Crippen LogP contribution is -2.38. The fourth-order valence-electron chi connectivity index (χ4n) is 5.34. The van der Waals surface area contributed by atoms with Crippen molar-refractivity contribution in [3.8, 4) is 11.5 Å². The van der Waals surface area contributed by atoms with Crippen LogP contribution in [0.4, 0.5) is 0 Å². The van der Waals surface area contributed by atoms with E-state index in [2.05, 4.69) is 13.0 Å². The predicted molar refractivity (Wildman–Crippen MR) is 140 cm³/mol. The largest absolute Gasteiger partial charge is 0.493 e. The van der Waals surface area contributed by atoms with Crippen molar-refractivity contribution in [3.63, 3.8) is 0 Å². The summed E-state index contributed by atoms with van der Waals surface area (Å²) in [6, 6.07) is 13.9. The van der Waals surface area contributed by atoms with E-state index >= 15 is 0 Å². The van der Waals surface area contributed by atoms with Gasteiger partial charge in [0.15, 0.2) is 17.3 Å². The van der Waals surface area contributed by atoms with Crippen LogP contribution in [0.25, 0.3) is 0 Å². The minimum Gasteiger partial charge on any atom is -0.493 e. The second-order valence-electron chi connectivity index (χ2n) is 9.65. The third-order valence-corrected chi connectivity index (χ3v) is 7.16. The average molecular weight is 490 g/mol. The second-order valence-corrected chi connectivity index (χ2v) is 9.65. The van der Waals surface area contributed by atoms with Crippen LogP contribution < -0.4 is 9.47 Å². The van der Waals surface area contributed by atoms with Gasteiger partial charge in [-0.1, -0.05) is 49.2 Å². The molecule has 6 heteroatoms. The van der Waals surface area contributed by atoms with Crippen LogP contribution >= 0.6 is 0 Å². The van der Waals surface area contributed by atoms with Gasteiger partial charge in [0.05, 0.1) is 20.8 Å². The SMILES string of the molecule is CCCCOC(=O)C1C(C)=NC2=C(C(=O)C[C@H](c3ccc(OC)c(OC)c3)C2)[C@H]1c1cccc(C)c1. The molecule has 3 atom stereocenters. The second kappa shape index (κ2) is 11.1. The Balaban J connectivity index is 1.74. The number of nitrogens with zero attached hydrogens (tertiary/aromatic N) is 1. The Labute approximate surface area is 213 Å². The molecular weight excluding hydrogens is 454 g/mol. The molecule has 0 fully saturated rings. The first-order chi connectivity index (χ1) is 17.4. The average Bonchev–Trinajstić information content (AvgIpc) is 2.87. The molecule has 1 unspecified atom stereocenters. The summed E-state index contributed by atoms with van der Waals surface area (Å²) in [6.07, 6.45) is 2.72. The van der Waals surface area contributed by atoms with Gasteiger partial charge in [-0.25, -0.2) is 0 Å². The van der Waals surface area contributed by atoms with Crippen molar-refractivity contribution in [3.05, 3.63) is 70.4 Å². The minimum atomic E-state index is -0.607. The summed E-state index contributed by atoms with van der Waals surface area (Å²) in [5, 5.41) is 0. The van der Waals surface area contributed by atoms with Gasteiger partial charge in [0.2, 0.25) is 0 Å². The van der Waals surface area contributed by atoms with Crippen molar-refractivity contribution in [2.24, 2.45) is 10.9 Å². The van der Waals surface area contributed by atoms with Gasteiger partial charge in [-0.3, -0.25) is 14.6 Å². The number of allylic oxidation sites excluding steroid dienone is 2. The maximum absolute atomic E-state index is 13.8. The lowest BCUT2D eigenvalue weighted by Gasteiger charge is -2.36. The Hall–Kier alpha value is -3.41. The fourth-order valence-corrected chi connectivity index (χ4v) is 5.34. The molecule has 1 heterocycles. The number of carbonyl (C=O) groups is 2. The molecule has 0 bridgehead atoms. The van der Waals surface area contributed by atoms with Crippen molar-refractivity contribution in [2.45, 2.75) is 58.3 Å². The highest BCUT2D eigenvalue weighted by Gasteiger charge is 2.44. The summed E-state index contributed by atoms with van der Waals surface area (Å²) in [4.78, 5) is 31.9. The Morgan fingerprint density at radius 3 is 2.47 bits per heavy atom. The number of rotatable bonds is 8. The third kappa shape index (κ3) is 5.08. The van der Waals surface area contributed by atoms with Crippen LogP contribution in [0.1, 0.15) is 68.1 Å². The highest BCUT2D eigenvalue weighted by Crippen LogP contribution is 2.47. The van der Waals surface area contributed by atoms with Crippen molar-refractivity contribution in [2.75, 3.05) is 20.8 Å². The number of hydrogen-bond acceptors (Lipinski definition) is 6. The molecule has 2 aliphatic rings. The minimum absolute atomic E-state index is 0.0289. The summed E-state index contributed by atoms with van der Waals surface area (Å²) in [7, 11) is 3.21. The van der Waals surface area contributed by atoms with Gasteiger partial charge in [0, 0.05) is 29.3 Å². The van der Waals surface area contributed by atoms with Gasteiger partial charge in [-0.15, -0.1) is 0 Å². The monoisotopic (exact) mass is 489 g/mol. The van der Waals surface area contributed by atoms with Crippen molar-refractivity contribution < 1.29 is 23.8 Å². The molecule has 0 radical (unpaired) electrons. The smallest absolute Gasteiger partial charge is 0.315 e. The molecule has 2 aromatic carbocycles. The normalized spacial score (nSPS) is 21.5. The van der Waals surface area contributed by atoms with Crippen LogP contribution in [0.3, 0.4) is 0 Å². The first kappa shape index (κ1) is 25.7. The maximum Gasteiger partial charge on any atom is 0.315 e. The van der Waals surface area contributed by atoms with Gasteiger partial charge in [0.25, 0.3) is 0 Å². The molecule has 36 heavy (non-hydrogen) atoms. The predicted octanol–water partition coefficient (Wildman–Crippen LogP) is 5.93. The van der Waals surface area contributed by atoms with E-state index in [1.807, 2.05) is 50.2 Å². The number of esters is 1. The molecule has 0 spiro atoms. The number of aliphatic imine (C=N–C) groups is 1. The number of methoxy groups -OCH3 is 2. The first-order valence-corrected chi connectivity index (χ1v) is 12.6. The highest BCUT2D eigenvalue weighted by atomic mass is 16.5. The van der Waals surface area contributed by atoms with Gasteiger partial charge >= 0.3 is 5.97 Å². The van der Waals surface area contributed by atoms with Crippen LogP contribution in [-0.4, -0.2) is 38.3 Å². The first-order valence-electron chi connectivity index (χ1n) is 12.6. The molecule has 0 saturated carbocycles. The topological polar surface area (TPSA) is 74.2 Å². The van der Waals surface area contributed by atoms with E-state index in [0.717, 1.165) is 35.2 Å². The van der Waals surface area contributed by atoms with Gasteiger partial charge in [0.1, 0.15) is 5.92 Å². The van der Waals surface area contributed by atoms with Crippen molar-refractivity contribution >= 4 is 17.5 Å². The van der Waals surface area contributed by atoms with Gasteiger partial charge in [-0.05, 0) is 55.9 Å². The molecule has 4 rings (SSSR count). The molecule has 0 N–H and O–H groups in total. The van der Waals surface area contributed by atoms with E-state index in [-0.39, 0.29) is 17.7 Å². The van der Waals surface area contributed by atoms with Crippen LogP contribution in [0.15, 0.2) is 58.7 Å². The molecule has 1 aliphatic heterocycles. The third-order valence-electron chi connectivity index (χ3n) is 7.16. The number of hydrogen-bond donors (Lipinski definition) is 0. The molecular formula is C30H35NO5. The lowest BCUT2D eigenvalue weighted by molar-refractivity contribution is -0.146. The molecule has 0 aromatic heterocycles. The van der Waals surface area contributed by atoms with E-state index in [0.29, 0.717) is 42.2 Å². The lowest BCUT2D eigenvalue weighted by atomic mass is 9.69. The molecule has 0 saturated heterocycles. The van der Waals surface area contributed by atoms with Gasteiger partial charge in [-0.2, -0.15) is 0 Å². The number of carbonyl (C=O) groups excluding carboxylic acids is 2. The number of benzene rings is 2. The zero-order valence-electron chi connectivity index (χ0n) is 21.8. The van der Waals surface area contributed by atoms with Gasteiger partial charge < -0.3 is 14.2 Å². The fraction of sp³-hybridized carbons (Fsp3) is 0.433. The number of aryl methyl sites for hydroxylation is 1. The zero-order chi connectivity index (χ0) is 25.8. The van der Waals surface area contributed by atoms with E-state index in [1.54, 1.807) is 14.2 Å². The van der Waals surface area contributed by atoms with Crippen LogP contribution in [0.2, 0.25) is 0 Å². The summed E-state index contributed by atoms with van der Waals surface area (Å²) < 4.78 is 16.5. The van der Waals surface area contributed by atoms with E-state index < -0.39 is 11.8 Å². The van der Waals surface area contributed by atoms with Crippen molar-refractivity contribution in [1.82, 2.24) is 0 Å². The zero-order valence-corrected chi connectivity index (χ0v) is 21.8. The molecule has 0 amide bonds. The molecule has 190 valence electrons. The Kier molecular flexibility index (Phi) is 7.92. The molecule has 2 aromatic rings. The maximum atomic E-state index is 13.8. The summed E-state index contributed by atoms with van der Waals surface area (Å²) >= 11 is 0. The summed E-state index contributed by atoms with van der Waals surface area (Å²) in [5.74, 6) is -0.0206. The number of ether oxygens (including phenoxy) is 3. The Morgan fingerprint density at radius 2 is 1.78 bits per heavy atom. The summed E-state index contributed by atoms with van der Waals surface area (Å²) in [5.41, 5.74) is 5.16. The van der Waals surface area contributed by atoms with E-state index in [1.165, 1.54) is 0 Å². The van der Waals surface area contributed by atoms with Crippen LogP contribution in [0, 0.1) is 12.8 Å². The Morgan fingerprint density at radius 1 is 1.00 bits per heavy atom. The van der Waals surface area contributed by atoms with E-state index in [4.69, 9.17) is 19.2 Å². The number of ketones is 1. The van der Waals surface area contributed by atoms with E-state index in [9.17, 15) is 9.59 Å². The quantitative estimate of drug-likeness (QED) is 0.339. The standard InChI is InChI=1S/C30H35NO5/c1-6-7-13-36-30(33)27-19(3)31-23-15-22(20-11-12-25(34-4)26(17-20)35-5)16-24(32)29(23)28(27)21-10-8-9-18(2)14-21/h8-12,14,17,22,27-28H,6-7,13,15-16H2,1-5H3/t22-,27?,28+/m1/s1. The number of Topliss-reactive ketones (excluding diaryl/α,β-unsaturated/α-hetero) is 1. The van der Waals surface area contributed by atoms with Crippen LogP contribution in [-0.2, 0) is 14.3 Å². The molecule has 1 aliphatic carbocycles. The Bertz CT molecular complexity index is 1210.